The van der Waals surface area contributed by atoms with Crippen LogP contribution < -0.4 is 15.4 Å². The number of oxazole rings is 1. The van der Waals surface area contributed by atoms with Crippen LogP contribution in [0, 0.1) is 0 Å². The minimum Gasteiger partial charge on any atom is -0.492 e. The standard InChI is InChI=1S/C28H26F3N5O3/c1-36-11-3-4-22(36)16-38-23-13-19(28(29,30)31)12-21(14-23)35-27(37)24-5-2-10-33-26(24)34-20-8-6-18(7-9-20)25-15-32-17-39-25/h2,5-10,12-15,17,22H,3-4,11,16H2,1H3,(H,33,34)(H,35,37). The largest absolute Gasteiger partial charge is 0.492 e. The van der Waals surface area contributed by atoms with Gasteiger partial charge < -0.3 is 24.7 Å². The molecule has 1 aliphatic rings. The Kier molecular flexibility index (Phi) is 7.51. The molecule has 1 atom stereocenters. The van der Waals surface area contributed by atoms with E-state index in [2.05, 4.69) is 25.5 Å². The summed E-state index contributed by atoms with van der Waals surface area (Å²) in [6.45, 7) is 1.18. The van der Waals surface area contributed by atoms with Gasteiger partial charge in [0.1, 0.15) is 18.2 Å². The number of halogens is 3. The summed E-state index contributed by atoms with van der Waals surface area (Å²) >= 11 is 0. The maximum absolute atomic E-state index is 13.6. The molecule has 0 radical (unpaired) electrons. The van der Waals surface area contributed by atoms with Crippen molar-refractivity contribution in [1.82, 2.24) is 14.9 Å². The number of hydrogen-bond acceptors (Lipinski definition) is 7. The van der Waals surface area contributed by atoms with Crippen molar-refractivity contribution in [3.05, 3.63) is 84.5 Å². The molecule has 2 N–H and O–H groups in total. The fourth-order valence-electron chi connectivity index (χ4n) is 4.40. The molecule has 4 aromatic rings. The van der Waals surface area contributed by atoms with E-state index in [0.29, 0.717) is 11.4 Å². The maximum atomic E-state index is 13.6. The zero-order valence-electron chi connectivity index (χ0n) is 21.0. The summed E-state index contributed by atoms with van der Waals surface area (Å²) < 4.78 is 51.9. The first-order chi connectivity index (χ1) is 18.8. The molecule has 5 rings (SSSR count). The van der Waals surface area contributed by atoms with Gasteiger partial charge >= 0.3 is 6.18 Å². The summed E-state index contributed by atoms with van der Waals surface area (Å²) in [7, 11) is 1.96. The average molecular weight is 538 g/mol. The number of hydrogen-bond donors (Lipinski definition) is 2. The van der Waals surface area contributed by atoms with E-state index in [0.717, 1.165) is 37.1 Å². The van der Waals surface area contributed by atoms with E-state index < -0.39 is 17.6 Å². The van der Waals surface area contributed by atoms with E-state index in [1.165, 1.54) is 24.7 Å². The number of carbonyl (C=O) groups excluding carboxylic acids is 1. The summed E-state index contributed by atoms with van der Waals surface area (Å²) in [6.07, 6.45) is 1.77. The molecule has 1 unspecified atom stereocenters. The second-order valence-corrected chi connectivity index (χ2v) is 9.25. The van der Waals surface area contributed by atoms with Gasteiger partial charge in [-0.3, -0.25) is 4.79 Å². The minimum absolute atomic E-state index is 0.0317. The first-order valence-electron chi connectivity index (χ1n) is 12.3. The summed E-state index contributed by atoms with van der Waals surface area (Å²) in [4.78, 5) is 23.5. The third-order valence-corrected chi connectivity index (χ3v) is 6.52. The quantitative estimate of drug-likeness (QED) is 0.276. The van der Waals surface area contributed by atoms with Crippen LogP contribution in [-0.2, 0) is 6.18 Å². The van der Waals surface area contributed by atoms with Crippen molar-refractivity contribution in [3.8, 4) is 17.1 Å². The second-order valence-electron chi connectivity index (χ2n) is 9.25. The van der Waals surface area contributed by atoms with Crippen LogP contribution in [0.1, 0.15) is 28.8 Å². The molecule has 3 heterocycles. The SMILES string of the molecule is CN1CCCC1COc1cc(NC(=O)c2cccnc2Nc2ccc(-c3cnco3)cc2)cc(C(F)(F)F)c1. The van der Waals surface area contributed by atoms with Crippen molar-refractivity contribution in [2.24, 2.45) is 0 Å². The minimum atomic E-state index is -4.61. The van der Waals surface area contributed by atoms with Gasteiger partial charge in [0, 0.05) is 35.2 Å². The monoisotopic (exact) mass is 537 g/mol. The average Bonchev–Trinajstić information content (AvgIpc) is 3.60. The Labute approximate surface area is 222 Å². The molecular weight excluding hydrogens is 511 g/mol. The topological polar surface area (TPSA) is 92.5 Å². The third-order valence-electron chi connectivity index (χ3n) is 6.52. The van der Waals surface area contributed by atoms with Gasteiger partial charge in [-0.2, -0.15) is 13.2 Å². The van der Waals surface area contributed by atoms with Gasteiger partial charge in [-0.25, -0.2) is 9.97 Å². The predicted molar refractivity (Wildman–Crippen MR) is 140 cm³/mol. The van der Waals surface area contributed by atoms with E-state index in [-0.39, 0.29) is 35.5 Å². The smallest absolute Gasteiger partial charge is 0.416 e. The molecule has 1 aliphatic heterocycles. The first kappa shape index (κ1) is 26.2. The van der Waals surface area contributed by atoms with E-state index in [1.54, 1.807) is 24.4 Å². The number of nitrogens with zero attached hydrogens (tertiary/aromatic N) is 3. The summed E-state index contributed by atoms with van der Waals surface area (Å²) in [6, 6.07) is 13.7. The van der Waals surface area contributed by atoms with E-state index in [1.807, 2.05) is 19.2 Å². The number of likely N-dealkylation sites (tertiary alicyclic amines) is 1. The molecule has 202 valence electrons. The number of rotatable bonds is 8. The number of alkyl halides is 3. The lowest BCUT2D eigenvalue weighted by atomic mass is 10.1. The zero-order valence-corrected chi connectivity index (χ0v) is 21.0. The predicted octanol–water partition coefficient (Wildman–Crippen LogP) is 6.22. The van der Waals surface area contributed by atoms with Crippen LogP contribution in [0.15, 0.2) is 77.8 Å². The Morgan fingerprint density at radius 3 is 2.67 bits per heavy atom. The van der Waals surface area contributed by atoms with Crippen LogP contribution in [0.25, 0.3) is 11.3 Å². The molecule has 0 saturated carbocycles. The number of nitrogens with one attached hydrogen (secondary N) is 2. The number of ether oxygens (including phenoxy) is 1. The van der Waals surface area contributed by atoms with Gasteiger partial charge in [-0.1, -0.05) is 0 Å². The highest BCUT2D eigenvalue weighted by molar-refractivity contribution is 6.08. The second kappa shape index (κ2) is 11.2. The molecule has 1 saturated heterocycles. The Morgan fingerprint density at radius 2 is 1.97 bits per heavy atom. The van der Waals surface area contributed by atoms with Crippen LogP contribution in [0.5, 0.6) is 5.75 Å². The van der Waals surface area contributed by atoms with E-state index in [9.17, 15) is 18.0 Å². The highest BCUT2D eigenvalue weighted by Gasteiger charge is 2.32. The number of benzene rings is 2. The molecule has 2 aromatic heterocycles. The maximum Gasteiger partial charge on any atom is 0.416 e. The van der Waals surface area contributed by atoms with E-state index in [4.69, 9.17) is 9.15 Å². The molecule has 11 heteroatoms. The molecule has 0 aliphatic carbocycles. The van der Waals surface area contributed by atoms with Crippen LogP contribution >= 0.6 is 0 Å². The van der Waals surface area contributed by atoms with Crippen LogP contribution in [0.4, 0.5) is 30.4 Å². The van der Waals surface area contributed by atoms with E-state index >= 15 is 0 Å². The first-order valence-corrected chi connectivity index (χ1v) is 12.3. The zero-order chi connectivity index (χ0) is 27.4. The lowest BCUT2D eigenvalue weighted by molar-refractivity contribution is -0.137. The third kappa shape index (κ3) is 6.37. The number of carbonyl (C=O) groups is 1. The van der Waals surface area contributed by atoms with Gasteiger partial charge in [0.2, 0.25) is 0 Å². The number of aromatic nitrogens is 2. The van der Waals surface area contributed by atoms with Gasteiger partial charge in [-0.05, 0) is 75.0 Å². The van der Waals surface area contributed by atoms with Crippen molar-refractivity contribution in [3.63, 3.8) is 0 Å². The molecule has 1 fully saturated rings. The van der Waals surface area contributed by atoms with Crippen molar-refractivity contribution in [1.29, 1.82) is 0 Å². The molecule has 39 heavy (non-hydrogen) atoms. The van der Waals surface area contributed by atoms with Crippen molar-refractivity contribution < 1.29 is 27.1 Å². The highest BCUT2D eigenvalue weighted by atomic mass is 19.4. The number of anilines is 3. The normalized spacial score (nSPS) is 15.7. The fraction of sp³-hybridized carbons (Fsp3) is 0.250. The molecular formula is C28H26F3N5O3. The molecule has 0 bridgehead atoms. The highest BCUT2D eigenvalue weighted by Crippen LogP contribution is 2.35. The lowest BCUT2D eigenvalue weighted by Crippen LogP contribution is -2.30. The Balaban J connectivity index is 1.33. The van der Waals surface area contributed by atoms with Gasteiger partial charge in [0.15, 0.2) is 12.2 Å². The molecule has 2 aromatic carbocycles. The lowest BCUT2D eigenvalue weighted by Gasteiger charge is -2.20. The Morgan fingerprint density at radius 1 is 1.15 bits per heavy atom. The molecule has 1 amide bonds. The number of pyridine rings is 1. The van der Waals surface area contributed by atoms with Crippen molar-refractivity contribution >= 4 is 23.1 Å². The van der Waals surface area contributed by atoms with Gasteiger partial charge in [0.05, 0.1) is 17.3 Å². The van der Waals surface area contributed by atoms with Gasteiger partial charge in [-0.15, -0.1) is 0 Å². The van der Waals surface area contributed by atoms with Crippen LogP contribution in [0.3, 0.4) is 0 Å². The van der Waals surface area contributed by atoms with Crippen molar-refractivity contribution in [2.45, 2.75) is 25.1 Å². The van der Waals surface area contributed by atoms with Crippen molar-refractivity contribution in [2.75, 3.05) is 30.8 Å². The van der Waals surface area contributed by atoms with Gasteiger partial charge in [0.25, 0.3) is 5.91 Å². The molecule has 8 nitrogen and oxygen atoms in total. The fourth-order valence-corrected chi connectivity index (χ4v) is 4.40. The number of likely N-dealkylation sites (N-methyl/N-ethyl adjacent to an activating group) is 1. The summed E-state index contributed by atoms with van der Waals surface area (Å²) in [5, 5.41) is 5.66. The Hall–Kier alpha value is -4.38. The summed E-state index contributed by atoms with van der Waals surface area (Å²) in [5.41, 5.74) is 0.684. The number of amides is 1. The van der Waals surface area contributed by atoms with Crippen LogP contribution in [-0.4, -0.2) is 47.0 Å². The Bertz CT molecular complexity index is 1430. The van der Waals surface area contributed by atoms with Crippen LogP contribution in [0.2, 0.25) is 0 Å². The molecule has 0 spiro atoms. The summed E-state index contributed by atoms with van der Waals surface area (Å²) in [5.74, 6) is 0.274.